The van der Waals surface area contributed by atoms with Crippen LogP contribution in [-0.2, 0) is 7.05 Å². The van der Waals surface area contributed by atoms with Gasteiger partial charge >= 0.3 is 6.61 Å². The molecule has 2 fully saturated rings. The van der Waals surface area contributed by atoms with Gasteiger partial charge in [0.15, 0.2) is 5.82 Å². The van der Waals surface area contributed by atoms with E-state index in [9.17, 15) is 22.8 Å². The van der Waals surface area contributed by atoms with E-state index >= 15 is 0 Å². The zero-order valence-electron chi connectivity index (χ0n) is 18.7. The van der Waals surface area contributed by atoms with Crippen LogP contribution in [0.15, 0.2) is 53.6 Å². The summed E-state index contributed by atoms with van der Waals surface area (Å²) in [6.07, 6.45) is 2.51. The van der Waals surface area contributed by atoms with Crippen molar-refractivity contribution in [2.24, 2.45) is 24.8 Å². The molecule has 3 heterocycles. The molecular formula is C24H22F3N5O3. The Morgan fingerprint density at radius 2 is 1.91 bits per heavy atom. The highest BCUT2D eigenvalue weighted by Crippen LogP contribution is 2.51. The number of hydrogen-bond acceptors (Lipinski definition) is 6. The molecule has 2 aromatic heterocycles. The van der Waals surface area contributed by atoms with Crippen LogP contribution in [0.4, 0.5) is 19.1 Å². The van der Waals surface area contributed by atoms with Gasteiger partial charge in [-0.25, -0.2) is 9.37 Å². The van der Waals surface area contributed by atoms with Crippen LogP contribution in [0.25, 0.3) is 11.3 Å². The maximum absolute atomic E-state index is 14.1. The van der Waals surface area contributed by atoms with Crippen molar-refractivity contribution in [3.05, 3.63) is 70.5 Å². The lowest BCUT2D eigenvalue weighted by Crippen LogP contribution is -2.32. The Morgan fingerprint density at radius 1 is 1.20 bits per heavy atom. The van der Waals surface area contributed by atoms with Crippen molar-refractivity contribution in [2.45, 2.75) is 6.61 Å². The first-order chi connectivity index (χ1) is 16.8. The van der Waals surface area contributed by atoms with Gasteiger partial charge in [0.2, 0.25) is 5.95 Å². The highest BCUT2D eigenvalue weighted by molar-refractivity contribution is 5.94. The van der Waals surface area contributed by atoms with Crippen molar-refractivity contribution < 1.29 is 22.7 Å². The number of piperidine rings is 1. The molecule has 182 valence electrons. The van der Waals surface area contributed by atoms with Crippen molar-refractivity contribution in [2.75, 3.05) is 25.0 Å². The molecule has 2 unspecified atom stereocenters. The molecule has 1 saturated carbocycles. The molecule has 8 nitrogen and oxygen atoms in total. The molecule has 11 heteroatoms. The van der Waals surface area contributed by atoms with E-state index in [1.807, 2.05) is 0 Å². The van der Waals surface area contributed by atoms with Crippen LogP contribution in [0.1, 0.15) is 10.4 Å². The number of likely N-dealkylation sites (tertiary alicyclic amines) is 1. The molecule has 1 amide bonds. The van der Waals surface area contributed by atoms with Gasteiger partial charge in [-0.1, -0.05) is 0 Å². The number of amides is 1. The average Bonchev–Trinajstić information content (AvgIpc) is 3.28. The molecule has 1 aliphatic heterocycles. The lowest BCUT2D eigenvalue weighted by atomic mass is 10.1. The molecule has 2 atom stereocenters. The third kappa shape index (κ3) is 4.58. The van der Waals surface area contributed by atoms with Gasteiger partial charge in [0.1, 0.15) is 5.75 Å². The van der Waals surface area contributed by atoms with Crippen LogP contribution in [0, 0.1) is 23.6 Å². The maximum Gasteiger partial charge on any atom is 0.387 e. The number of halogens is 3. The van der Waals surface area contributed by atoms with E-state index in [2.05, 4.69) is 20.0 Å². The second-order valence-electron chi connectivity index (χ2n) is 8.70. The molecule has 0 bridgehead atoms. The van der Waals surface area contributed by atoms with E-state index in [0.29, 0.717) is 48.9 Å². The molecule has 5 rings (SSSR count). The zero-order valence-corrected chi connectivity index (χ0v) is 18.7. The van der Waals surface area contributed by atoms with Crippen LogP contribution >= 0.6 is 0 Å². The van der Waals surface area contributed by atoms with Crippen LogP contribution in [0.2, 0.25) is 0 Å². The quantitative estimate of drug-likeness (QED) is 0.554. The van der Waals surface area contributed by atoms with Crippen LogP contribution in [0.5, 0.6) is 5.75 Å². The first-order valence-corrected chi connectivity index (χ1v) is 11.1. The fraction of sp³-hybridized carbons (Fsp3) is 0.333. The number of fused-ring (bicyclic) bond motifs is 1. The molecular weight excluding hydrogens is 463 g/mol. The highest BCUT2D eigenvalue weighted by Gasteiger charge is 2.56. The summed E-state index contributed by atoms with van der Waals surface area (Å²) in [6, 6.07) is 8.42. The number of alkyl halides is 2. The number of carbonyl (C=O) groups is 1. The predicted molar refractivity (Wildman–Crippen MR) is 121 cm³/mol. The van der Waals surface area contributed by atoms with Crippen molar-refractivity contribution in [3.63, 3.8) is 0 Å². The number of nitrogens with zero attached hydrogens (tertiary/aromatic N) is 4. The molecule has 1 aliphatic carbocycles. The minimum atomic E-state index is -2.91. The smallest absolute Gasteiger partial charge is 0.387 e. The summed E-state index contributed by atoms with van der Waals surface area (Å²) < 4.78 is 44.4. The molecule has 35 heavy (non-hydrogen) atoms. The summed E-state index contributed by atoms with van der Waals surface area (Å²) in [5.74, 6) is 0.606. The average molecular weight is 485 g/mol. The van der Waals surface area contributed by atoms with Crippen molar-refractivity contribution in [3.8, 4) is 17.0 Å². The first-order valence-electron chi connectivity index (χ1n) is 11.1. The SMILES string of the molecule is Cn1c(NCC2C3CN(C(=O)c4ccc(OC(F)F)cc4)CC23)nc(-c2ccncc2F)cc1=O. The Kier molecular flexibility index (Phi) is 5.91. The second-order valence-corrected chi connectivity index (χ2v) is 8.70. The largest absolute Gasteiger partial charge is 0.435 e. The van der Waals surface area contributed by atoms with Gasteiger partial charge in [-0.2, -0.15) is 8.78 Å². The second kappa shape index (κ2) is 9.05. The number of ether oxygens (including phenoxy) is 1. The fourth-order valence-corrected chi connectivity index (χ4v) is 4.71. The summed E-state index contributed by atoms with van der Waals surface area (Å²) in [4.78, 5) is 35.0. The topological polar surface area (TPSA) is 89.3 Å². The molecule has 1 saturated heterocycles. The van der Waals surface area contributed by atoms with Crippen LogP contribution in [0.3, 0.4) is 0 Å². The van der Waals surface area contributed by atoms with E-state index in [1.165, 1.54) is 47.2 Å². The summed E-state index contributed by atoms with van der Waals surface area (Å²) in [5.41, 5.74) is 0.536. The molecule has 0 spiro atoms. The van der Waals surface area contributed by atoms with Crippen LogP contribution in [-0.4, -0.2) is 51.6 Å². The van der Waals surface area contributed by atoms with E-state index in [0.717, 1.165) is 6.20 Å². The summed E-state index contributed by atoms with van der Waals surface area (Å²) in [6.45, 7) is -1.15. The van der Waals surface area contributed by atoms with Gasteiger partial charge in [-0.05, 0) is 48.1 Å². The number of benzene rings is 1. The van der Waals surface area contributed by atoms with E-state index in [-0.39, 0.29) is 28.5 Å². The van der Waals surface area contributed by atoms with Gasteiger partial charge in [-0.3, -0.25) is 19.1 Å². The molecule has 0 radical (unpaired) electrons. The molecule has 1 N–H and O–H groups in total. The molecule has 1 aromatic carbocycles. The van der Waals surface area contributed by atoms with Gasteiger partial charge in [0.05, 0.1) is 11.9 Å². The Bertz CT molecular complexity index is 1300. The van der Waals surface area contributed by atoms with E-state index in [4.69, 9.17) is 0 Å². The minimum absolute atomic E-state index is 0.00528. The van der Waals surface area contributed by atoms with Crippen molar-refractivity contribution in [1.29, 1.82) is 0 Å². The van der Waals surface area contributed by atoms with Gasteiger partial charge in [0, 0.05) is 50.1 Å². The predicted octanol–water partition coefficient (Wildman–Crippen LogP) is 3.01. The standard InChI is InChI=1S/C24H22F3N5O3/c1-31-21(33)8-20(15-6-7-28-10-19(15)25)30-24(31)29-9-16-17-11-32(12-18(16)17)22(34)13-2-4-14(5-3-13)35-23(26)27/h2-8,10,16-18,23H,9,11-12H2,1H3,(H,29,30). The highest BCUT2D eigenvalue weighted by atomic mass is 19.3. The number of pyridine rings is 1. The lowest BCUT2D eigenvalue weighted by Gasteiger charge is -2.20. The number of anilines is 1. The monoisotopic (exact) mass is 485 g/mol. The number of aromatic nitrogens is 3. The number of rotatable bonds is 7. The normalized spacial score (nSPS) is 20.6. The fourth-order valence-electron chi connectivity index (χ4n) is 4.71. The Morgan fingerprint density at radius 3 is 2.57 bits per heavy atom. The lowest BCUT2D eigenvalue weighted by molar-refractivity contribution is -0.0498. The van der Waals surface area contributed by atoms with Gasteiger partial charge in [-0.15, -0.1) is 0 Å². The third-order valence-electron chi connectivity index (χ3n) is 6.66. The van der Waals surface area contributed by atoms with Crippen LogP contribution < -0.4 is 15.6 Å². The minimum Gasteiger partial charge on any atom is -0.435 e. The molecule has 2 aliphatic rings. The zero-order chi connectivity index (χ0) is 24.7. The number of carbonyl (C=O) groups excluding carboxylic acids is 1. The Labute approximate surface area is 198 Å². The van der Waals surface area contributed by atoms with E-state index in [1.54, 1.807) is 11.9 Å². The Balaban J connectivity index is 1.19. The van der Waals surface area contributed by atoms with Crippen molar-refractivity contribution >= 4 is 11.9 Å². The van der Waals surface area contributed by atoms with E-state index < -0.39 is 12.4 Å². The third-order valence-corrected chi connectivity index (χ3v) is 6.66. The Hall–Kier alpha value is -3.89. The maximum atomic E-state index is 14.1. The number of nitrogens with one attached hydrogen (secondary N) is 1. The number of hydrogen-bond donors (Lipinski definition) is 1. The first kappa shape index (κ1) is 22.9. The van der Waals surface area contributed by atoms with Gasteiger partial charge < -0.3 is 15.0 Å². The van der Waals surface area contributed by atoms with Gasteiger partial charge in [0.25, 0.3) is 11.5 Å². The summed E-state index contributed by atoms with van der Waals surface area (Å²) in [7, 11) is 1.59. The summed E-state index contributed by atoms with van der Waals surface area (Å²) >= 11 is 0. The van der Waals surface area contributed by atoms with Crippen molar-refractivity contribution in [1.82, 2.24) is 19.4 Å². The summed E-state index contributed by atoms with van der Waals surface area (Å²) in [5, 5.41) is 3.21. The molecule has 3 aromatic rings.